The first-order valence-electron chi connectivity index (χ1n) is 7.41. The first-order valence-corrected chi connectivity index (χ1v) is 8.20. The molecule has 0 spiro atoms. The summed E-state index contributed by atoms with van der Waals surface area (Å²) in [4.78, 5) is 0. The van der Waals surface area contributed by atoms with Crippen molar-refractivity contribution in [3.05, 3.63) is 34.3 Å². The lowest BCUT2D eigenvalue weighted by atomic mass is 9.95. The largest absolute Gasteiger partial charge is 0.376 e. The number of ether oxygens (including phenoxy) is 1. The van der Waals surface area contributed by atoms with E-state index in [0.717, 1.165) is 19.6 Å². The molecule has 0 saturated carbocycles. The van der Waals surface area contributed by atoms with E-state index in [0.29, 0.717) is 12.0 Å². The molecule has 1 rings (SSSR count). The fourth-order valence-electron chi connectivity index (χ4n) is 2.06. The minimum Gasteiger partial charge on any atom is -0.376 e. The van der Waals surface area contributed by atoms with Gasteiger partial charge in [0.2, 0.25) is 0 Å². The number of hydrogen-bond acceptors (Lipinski definition) is 2. The van der Waals surface area contributed by atoms with Crippen LogP contribution in [0, 0.1) is 0 Å². The van der Waals surface area contributed by atoms with Crippen molar-refractivity contribution < 1.29 is 4.74 Å². The predicted octanol–water partition coefficient (Wildman–Crippen LogP) is 4.74. The van der Waals surface area contributed by atoms with Gasteiger partial charge in [0.15, 0.2) is 0 Å². The molecule has 0 saturated heterocycles. The SMILES string of the molecule is CC(C)NCC(CCOC(C)(C)C)c1ccccc1Br. The van der Waals surface area contributed by atoms with E-state index in [2.05, 4.69) is 80.1 Å². The fourth-order valence-corrected chi connectivity index (χ4v) is 2.67. The van der Waals surface area contributed by atoms with Crippen LogP contribution < -0.4 is 5.32 Å². The van der Waals surface area contributed by atoms with Gasteiger partial charge in [-0.1, -0.05) is 48.0 Å². The smallest absolute Gasteiger partial charge is 0.0598 e. The third kappa shape index (κ3) is 6.87. The molecule has 1 atom stereocenters. The molecule has 1 aromatic carbocycles. The van der Waals surface area contributed by atoms with E-state index in [1.54, 1.807) is 0 Å². The number of rotatable bonds is 7. The lowest BCUT2D eigenvalue weighted by molar-refractivity contribution is -0.00630. The number of benzene rings is 1. The molecular formula is C17H28BrNO. The summed E-state index contributed by atoms with van der Waals surface area (Å²) < 4.78 is 7.07. The Labute approximate surface area is 132 Å². The summed E-state index contributed by atoms with van der Waals surface area (Å²) >= 11 is 3.67. The van der Waals surface area contributed by atoms with Crippen LogP contribution >= 0.6 is 15.9 Å². The van der Waals surface area contributed by atoms with Crippen molar-refractivity contribution in [1.29, 1.82) is 0 Å². The minimum atomic E-state index is -0.0655. The van der Waals surface area contributed by atoms with E-state index < -0.39 is 0 Å². The van der Waals surface area contributed by atoms with E-state index in [9.17, 15) is 0 Å². The van der Waals surface area contributed by atoms with Crippen molar-refractivity contribution in [3.63, 3.8) is 0 Å². The van der Waals surface area contributed by atoms with Crippen LogP contribution in [0.2, 0.25) is 0 Å². The Morgan fingerprint density at radius 2 is 1.85 bits per heavy atom. The molecule has 0 aliphatic rings. The van der Waals surface area contributed by atoms with Crippen LogP contribution in [0.5, 0.6) is 0 Å². The van der Waals surface area contributed by atoms with Crippen LogP contribution in [0.15, 0.2) is 28.7 Å². The van der Waals surface area contributed by atoms with Crippen LogP contribution in [0.3, 0.4) is 0 Å². The van der Waals surface area contributed by atoms with Crippen molar-refractivity contribution in [3.8, 4) is 0 Å². The van der Waals surface area contributed by atoms with Gasteiger partial charge >= 0.3 is 0 Å². The Bertz CT molecular complexity index is 398. The molecular weight excluding hydrogens is 314 g/mol. The van der Waals surface area contributed by atoms with Gasteiger partial charge in [0.1, 0.15) is 0 Å². The second-order valence-corrected chi connectivity index (χ2v) is 7.39. The summed E-state index contributed by atoms with van der Waals surface area (Å²) in [6.45, 7) is 12.4. The molecule has 3 heteroatoms. The van der Waals surface area contributed by atoms with E-state index in [4.69, 9.17) is 4.74 Å². The third-order valence-electron chi connectivity index (χ3n) is 3.12. The Morgan fingerprint density at radius 3 is 2.40 bits per heavy atom. The Hall–Kier alpha value is -0.380. The van der Waals surface area contributed by atoms with Crippen LogP contribution in [0.1, 0.15) is 52.5 Å². The van der Waals surface area contributed by atoms with Crippen molar-refractivity contribution in [2.24, 2.45) is 0 Å². The molecule has 1 aromatic rings. The second kappa shape index (κ2) is 8.16. The van der Waals surface area contributed by atoms with E-state index in [-0.39, 0.29) is 5.60 Å². The standard InChI is InChI=1S/C17H28BrNO/c1-13(2)19-12-14(10-11-20-17(3,4)5)15-8-6-7-9-16(15)18/h6-9,13-14,19H,10-12H2,1-5H3. The van der Waals surface area contributed by atoms with Crippen LogP contribution in [-0.4, -0.2) is 24.8 Å². The van der Waals surface area contributed by atoms with Gasteiger partial charge in [0, 0.05) is 23.7 Å². The van der Waals surface area contributed by atoms with Crippen molar-refractivity contribution in [2.45, 2.75) is 58.6 Å². The molecule has 0 heterocycles. The fraction of sp³-hybridized carbons (Fsp3) is 0.647. The first-order chi connectivity index (χ1) is 9.29. The summed E-state index contributed by atoms with van der Waals surface area (Å²) in [5.41, 5.74) is 1.29. The van der Waals surface area contributed by atoms with Gasteiger partial charge in [-0.2, -0.15) is 0 Å². The van der Waals surface area contributed by atoms with E-state index >= 15 is 0 Å². The predicted molar refractivity (Wildman–Crippen MR) is 90.3 cm³/mol. The summed E-state index contributed by atoms with van der Waals surface area (Å²) in [6, 6.07) is 8.98. The number of halogens is 1. The third-order valence-corrected chi connectivity index (χ3v) is 3.84. The Balaban J connectivity index is 2.68. The van der Waals surface area contributed by atoms with Gasteiger partial charge in [-0.25, -0.2) is 0 Å². The molecule has 0 aliphatic heterocycles. The van der Waals surface area contributed by atoms with Crippen LogP contribution in [0.4, 0.5) is 0 Å². The minimum absolute atomic E-state index is 0.0655. The summed E-state index contributed by atoms with van der Waals surface area (Å²) in [5, 5.41) is 3.54. The molecule has 0 bridgehead atoms. The zero-order valence-corrected chi connectivity index (χ0v) is 15.0. The van der Waals surface area contributed by atoms with E-state index in [1.165, 1.54) is 10.0 Å². The van der Waals surface area contributed by atoms with Crippen molar-refractivity contribution >= 4 is 15.9 Å². The van der Waals surface area contributed by atoms with E-state index in [1.807, 2.05) is 0 Å². The number of nitrogens with one attached hydrogen (secondary N) is 1. The maximum absolute atomic E-state index is 5.88. The highest BCUT2D eigenvalue weighted by Crippen LogP contribution is 2.27. The van der Waals surface area contributed by atoms with Gasteiger partial charge in [0.25, 0.3) is 0 Å². The van der Waals surface area contributed by atoms with Gasteiger partial charge in [0.05, 0.1) is 5.60 Å². The maximum atomic E-state index is 5.88. The average molecular weight is 342 g/mol. The van der Waals surface area contributed by atoms with Crippen LogP contribution in [-0.2, 0) is 4.74 Å². The van der Waals surface area contributed by atoms with Gasteiger partial charge in [-0.15, -0.1) is 0 Å². The van der Waals surface area contributed by atoms with Gasteiger partial charge in [-0.05, 0) is 44.7 Å². The zero-order valence-electron chi connectivity index (χ0n) is 13.4. The molecule has 1 unspecified atom stereocenters. The van der Waals surface area contributed by atoms with Crippen molar-refractivity contribution in [2.75, 3.05) is 13.2 Å². The Morgan fingerprint density at radius 1 is 1.20 bits per heavy atom. The summed E-state index contributed by atoms with van der Waals surface area (Å²) in [5.74, 6) is 0.468. The quantitative estimate of drug-likeness (QED) is 0.773. The normalized spacial score (nSPS) is 13.8. The van der Waals surface area contributed by atoms with Gasteiger partial charge < -0.3 is 10.1 Å². The highest BCUT2D eigenvalue weighted by Gasteiger charge is 2.17. The molecule has 0 radical (unpaired) electrons. The van der Waals surface area contributed by atoms with Crippen molar-refractivity contribution in [1.82, 2.24) is 5.32 Å². The maximum Gasteiger partial charge on any atom is 0.0598 e. The monoisotopic (exact) mass is 341 g/mol. The molecule has 0 aromatic heterocycles. The highest BCUT2D eigenvalue weighted by atomic mass is 79.9. The van der Waals surface area contributed by atoms with Crippen LogP contribution in [0.25, 0.3) is 0 Å². The second-order valence-electron chi connectivity index (χ2n) is 6.53. The molecule has 1 N–H and O–H groups in total. The van der Waals surface area contributed by atoms with Gasteiger partial charge in [-0.3, -0.25) is 0 Å². The number of hydrogen-bond donors (Lipinski definition) is 1. The summed E-state index contributed by atoms with van der Waals surface area (Å²) in [6.07, 6.45) is 1.03. The summed E-state index contributed by atoms with van der Waals surface area (Å²) in [7, 11) is 0. The average Bonchev–Trinajstić information content (AvgIpc) is 2.33. The molecule has 20 heavy (non-hydrogen) atoms. The lowest BCUT2D eigenvalue weighted by Crippen LogP contribution is -2.29. The Kier molecular flexibility index (Phi) is 7.21. The molecule has 0 fully saturated rings. The topological polar surface area (TPSA) is 21.3 Å². The highest BCUT2D eigenvalue weighted by molar-refractivity contribution is 9.10. The molecule has 0 amide bonds. The molecule has 114 valence electrons. The molecule has 0 aliphatic carbocycles. The lowest BCUT2D eigenvalue weighted by Gasteiger charge is -2.24. The first kappa shape index (κ1) is 17.7. The molecule has 2 nitrogen and oxygen atoms in total. The zero-order chi connectivity index (χ0) is 15.2.